The molecule has 0 bridgehead atoms. The van der Waals surface area contributed by atoms with Gasteiger partial charge < -0.3 is 14.9 Å². The van der Waals surface area contributed by atoms with Gasteiger partial charge in [-0.3, -0.25) is 0 Å². The van der Waals surface area contributed by atoms with E-state index in [0.29, 0.717) is 17.7 Å². The molecule has 0 fully saturated rings. The first-order valence-corrected chi connectivity index (χ1v) is 6.72. The molecule has 6 nitrogen and oxygen atoms in total. The molecule has 0 saturated heterocycles. The van der Waals surface area contributed by atoms with Crippen molar-refractivity contribution < 1.29 is 29.3 Å². The van der Waals surface area contributed by atoms with Crippen LogP contribution in [-0.4, -0.2) is 28.1 Å². The number of carboxylic acids is 2. The predicted octanol–water partition coefficient (Wildman–Crippen LogP) is 2.75. The van der Waals surface area contributed by atoms with E-state index < -0.39 is 11.9 Å². The number of carbonyl (C=O) groups is 3. The van der Waals surface area contributed by atoms with Crippen LogP contribution in [0.25, 0.3) is 0 Å². The van der Waals surface area contributed by atoms with Crippen LogP contribution < -0.4 is 0 Å². The number of aryl methyl sites for hydroxylation is 1. The number of carboxylic acid groups (broad SMARTS) is 2. The van der Waals surface area contributed by atoms with Gasteiger partial charge in [0.25, 0.3) is 0 Å². The van der Waals surface area contributed by atoms with Crippen molar-refractivity contribution in [2.45, 2.75) is 13.5 Å². The maximum Gasteiger partial charge on any atom is 0.338 e. The summed E-state index contributed by atoms with van der Waals surface area (Å²) in [7, 11) is 0. The molecule has 2 aromatic carbocycles. The van der Waals surface area contributed by atoms with Gasteiger partial charge >= 0.3 is 17.9 Å². The Labute approximate surface area is 131 Å². The molecule has 0 aliphatic carbocycles. The van der Waals surface area contributed by atoms with Gasteiger partial charge in [0.2, 0.25) is 0 Å². The SMILES string of the molecule is Cc1ccc(C(=O)O)cc1C(=O)O.O=C1OCc2ccccc21. The molecule has 0 atom stereocenters. The molecule has 118 valence electrons. The van der Waals surface area contributed by atoms with Gasteiger partial charge in [-0.2, -0.15) is 0 Å². The van der Waals surface area contributed by atoms with E-state index in [1.807, 2.05) is 18.2 Å². The summed E-state index contributed by atoms with van der Waals surface area (Å²) < 4.78 is 4.78. The maximum atomic E-state index is 10.8. The zero-order valence-corrected chi connectivity index (χ0v) is 12.3. The van der Waals surface area contributed by atoms with E-state index >= 15 is 0 Å². The molecule has 0 aromatic heterocycles. The second-order valence-corrected chi connectivity index (χ2v) is 4.87. The zero-order valence-electron chi connectivity index (χ0n) is 12.3. The fourth-order valence-electron chi connectivity index (χ4n) is 2.05. The fraction of sp³-hybridized carbons (Fsp3) is 0.118. The van der Waals surface area contributed by atoms with Crippen molar-refractivity contribution in [2.75, 3.05) is 0 Å². The minimum atomic E-state index is -1.12. The average Bonchev–Trinajstić information content (AvgIpc) is 2.90. The second-order valence-electron chi connectivity index (χ2n) is 4.87. The van der Waals surface area contributed by atoms with Crippen LogP contribution in [0.5, 0.6) is 0 Å². The number of hydrogen-bond donors (Lipinski definition) is 2. The highest BCUT2D eigenvalue weighted by molar-refractivity contribution is 5.94. The molecule has 0 radical (unpaired) electrons. The standard InChI is InChI=1S/C9H8O4.C8H6O2/c1-5-2-3-6(8(10)11)4-7(5)9(12)13;9-8-7-4-2-1-3-6(7)5-10-8/h2-4H,1H3,(H,10,11)(H,12,13);1-4H,5H2. The molecule has 0 spiro atoms. The second kappa shape index (κ2) is 6.74. The van der Waals surface area contributed by atoms with Gasteiger partial charge in [0.05, 0.1) is 16.7 Å². The van der Waals surface area contributed by atoms with E-state index in [9.17, 15) is 14.4 Å². The molecule has 3 rings (SSSR count). The summed E-state index contributed by atoms with van der Waals surface area (Å²) in [5, 5.41) is 17.3. The molecule has 6 heteroatoms. The van der Waals surface area contributed by atoms with Gasteiger partial charge in [-0.05, 0) is 30.7 Å². The lowest BCUT2D eigenvalue weighted by atomic mass is 10.1. The lowest BCUT2D eigenvalue weighted by molar-refractivity contribution is 0.0534. The van der Waals surface area contributed by atoms with E-state index in [2.05, 4.69) is 0 Å². The van der Waals surface area contributed by atoms with Gasteiger partial charge in [-0.25, -0.2) is 14.4 Å². The van der Waals surface area contributed by atoms with Crippen LogP contribution >= 0.6 is 0 Å². The minimum absolute atomic E-state index is 0.0111. The van der Waals surface area contributed by atoms with Gasteiger partial charge in [-0.15, -0.1) is 0 Å². The first-order valence-electron chi connectivity index (χ1n) is 6.72. The summed E-state index contributed by atoms with van der Waals surface area (Å²) in [6, 6.07) is 11.4. The Balaban J connectivity index is 0.000000172. The van der Waals surface area contributed by atoms with Crippen LogP contribution in [0.15, 0.2) is 42.5 Å². The van der Waals surface area contributed by atoms with Crippen LogP contribution in [0, 0.1) is 6.92 Å². The number of rotatable bonds is 2. The first kappa shape index (κ1) is 16.2. The molecular weight excluding hydrogens is 300 g/mol. The normalized spacial score (nSPS) is 11.8. The fourth-order valence-corrected chi connectivity index (χ4v) is 2.05. The molecule has 2 aromatic rings. The summed E-state index contributed by atoms with van der Waals surface area (Å²) in [5.74, 6) is -2.43. The van der Waals surface area contributed by atoms with Crippen LogP contribution in [0.2, 0.25) is 0 Å². The predicted molar refractivity (Wildman–Crippen MR) is 80.7 cm³/mol. The molecule has 1 aliphatic rings. The lowest BCUT2D eigenvalue weighted by Gasteiger charge is -2.01. The summed E-state index contributed by atoms with van der Waals surface area (Å²) in [5.41, 5.74) is 2.27. The van der Waals surface area contributed by atoms with Crippen molar-refractivity contribution in [2.24, 2.45) is 0 Å². The van der Waals surface area contributed by atoms with Gasteiger partial charge in [0.15, 0.2) is 0 Å². The number of cyclic esters (lactones) is 1. The smallest absolute Gasteiger partial charge is 0.338 e. The minimum Gasteiger partial charge on any atom is -0.478 e. The highest BCUT2D eigenvalue weighted by atomic mass is 16.5. The van der Waals surface area contributed by atoms with Gasteiger partial charge in [0.1, 0.15) is 6.61 Å². The monoisotopic (exact) mass is 314 g/mol. The summed E-state index contributed by atoms with van der Waals surface area (Å²) in [6.45, 7) is 2.06. The van der Waals surface area contributed by atoms with E-state index in [-0.39, 0.29) is 17.1 Å². The lowest BCUT2D eigenvalue weighted by Crippen LogP contribution is -2.03. The molecule has 1 heterocycles. The largest absolute Gasteiger partial charge is 0.478 e. The Bertz CT molecular complexity index is 778. The topological polar surface area (TPSA) is 101 Å². The van der Waals surface area contributed by atoms with Crippen molar-refractivity contribution in [3.8, 4) is 0 Å². The van der Waals surface area contributed by atoms with Gasteiger partial charge in [0, 0.05) is 5.56 Å². The van der Waals surface area contributed by atoms with Crippen LogP contribution in [0.3, 0.4) is 0 Å². The maximum absolute atomic E-state index is 10.8. The number of carbonyl (C=O) groups excluding carboxylic acids is 1. The first-order chi connectivity index (χ1) is 10.9. The highest BCUT2D eigenvalue weighted by Crippen LogP contribution is 2.18. The Kier molecular flexibility index (Phi) is 4.75. The number of fused-ring (bicyclic) bond motifs is 1. The summed E-state index contributed by atoms with van der Waals surface area (Å²) >= 11 is 0. The van der Waals surface area contributed by atoms with Crippen molar-refractivity contribution >= 4 is 17.9 Å². The third kappa shape index (κ3) is 3.74. The quantitative estimate of drug-likeness (QED) is 0.827. The van der Waals surface area contributed by atoms with Crippen LogP contribution in [-0.2, 0) is 11.3 Å². The number of ether oxygens (including phenoxy) is 1. The molecule has 1 aliphatic heterocycles. The average molecular weight is 314 g/mol. The molecule has 0 amide bonds. The van der Waals surface area contributed by atoms with Crippen LogP contribution in [0.4, 0.5) is 0 Å². The third-order valence-corrected chi connectivity index (χ3v) is 3.31. The Morgan fingerprint density at radius 2 is 1.74 bits per heavy atom. The number of esters is 1. The molecule has 23 heavy (non-hydrogen) atoms. The third-order valence-electron chi connectivity index (χ3n) is 3.31. The molecule has 2 N–H and O–H groups in total. The Morgan fingerprint density at radius 1 is 1.04 bits per heavy atom. The van der Waals surface area contributed by atoms with Crippen molar-refractivity contribution in [1.82, 2.24) is 0 Å². The van der Waals surface area contributed by atoms with Crippen molar-refractivity contribution in [3.63, 3.8) is 0 Å². The number of hydrogen-bond acceptors (Lipinski definition) is 4. The van der Waals surface area contributed by atoms with E-state index in [1.54, 1.807) is 13.0 Å². The van der Waals surface area contributed by atoms with E-state index in [0.717, 1.165) is 11.6 Å². The van der Waals surface area contributed by atoms with E-state index in [4.69, 9.17) is 14.9 Å². The van der Waals surface area contributed by atoms with Crippen molar-refractivity contribution in [1.29, 1.82) is 0 Å². The number of benzene rings is 2. The zero-order chi connectivity index (χ0) is 17.0. The Hall–Kier alpha value is -3.15. The molecular formula is C17H14O6. The summed E-state index contributed by atoms with van der Waals surface area (Å²) in [4.78, 5) is 31.9. The molecule has 0 unspecified atom stereocenters. The van der Waals surface area contributed by atoms with Gasteiger partial charge in [-0.1, -0.05) is 24.3 Å². The van der Waals surface area contributed by atoms with Crippen LogP contribution in [0.1, 0.15) is 42.2 Å². The highest BCUT2D eigenvalue weighted by Gasteiger charge is 2.18. The Morgan fingerprint density at radius 3 is 2.35 bits per heavy atom. The number of aromatic carboxylic acids is 2. The molecule has 0 saturated carbocycles. The van der Waals surface area contributed by atoms with Crippen molar-refractivity contribution in [3.05, 3.63) is 70.3 Å². The van der Waals surface area contributed by atoms with E-state index in [1.165, 1.54) is 12.1 Å². The summed E-state index contributed by atoms with van der Waals surface area (Å²) in [6.07, 6.45) is 0.